The zero-order valence-corrected chi connectivity index (χ0v) is 16.1. The second kappa shape index (κ2) is 8.07. The van der Waals surface area contributed by atoms with E-state index >= 15 is 0 Å². The van der Waals surface area contributed by atoms with Crippen LogP contribution in [0.4, 0.5) is 5.69 Å². The largest absolute Gasteiger partial charge is 1.00 e. The summed E-state index contributed by atoms with van der Waals surface area (Å²) in [6.45, 7) is 3.67. The Morgan fingerprint density at radius 1 is 1.26 bits per heavy atom. The molecule has 0 aliphatic heterocycles. The molecule has 2 aromatic rings. The van der Waals surface area contributed by atoms with Crippen molar-refractivity contribution in [3.8, 4) is 0 Å². The van der Waals surface area contributed by atoms with E-state index in [0.717, 1.165) is 11.1 Å². The molecule has 2 rings (SSSR count). The summed E-state index contributed by atoms with van der Waals surface area (Å²) in [6.07, 6.45) is 3.21. The molecule has 0 bridgehead atoms. The first-order valence-corrected chi connectivity index (χ1v) is 8.13. The number of hydrogen-bond acceptors (Lipinski definition) is 5. The SMILES string of the molecule is Cc1cccc(C)c1N(Cn1cccn1)C(=O)CS(=O)(=O)[O-].[Na+]. The predicted molar refractivity (Wildman–Crippen MR) is 80.2 cm³/mol. The van der Waals surface area contributed by atoms with Crippen LogP contribution in [0.2, 0.25) is 0 Å². The van der Waals surface area contributed by atoms with Gasteiger partial charge in [0, 0.05) is 12.4 Å². The monoisotopic (exact) mass is 345 g/mol. The van der Waals surface area contributed by atoms with E-state index in [1.807, 2.05) is 32.0 Å². The van der Waals surface area contributed by atoms with Crippen LogP contribution in [0, 0.1) is 13.8 Å². The quantitative estimate of drug-likeness (QED) is 0.463. The molecule has 7 nitrogen and oxygen atoms in total. The molecule has 0 aliphatic carbocycles. The summed E-state index contributed by atoms with van der Waals surface area (Å²) in [7, 11) is -4.65. The van der Waals surface area contributed by atoms with Crippen LogP contribution in [0.25, 0.3) is 0 Å². The third kappa shape index (κ3) is 5.43. The summed E-state index contributed by atoms with van der Waals surface area (Å²) in [4.78, 5) is 13.6. The molecule has 1 heterocycles. The zero-order chi connectivity index (χ0) is 16.3. The Morgan fingerprint density at radius 3 is 2.35 bits per heavy atom. The third-order valence-corrected chi connectivity index (χ3v) is 3.76. The van der Waals surface area contributed by atoms with Crippen LogP contribution in [0.1, 0.15) is 11.1 Å². The van der Waals surface area contributed by atoms with E-state index < -0.39 is 21.8 Å². The first kappa shape index (κ1) is 19.9. The van der Waals surface area contributed by atoms with Crippen LogP contribution < -0.4 is 34.5 Å². The van der Waals surface area contributed by atoms with E-state index in [0.29, 0.717) is 5.69 Å². The number of amides is 1. The maximum atomic E-state index is 12.3. The van der Waals surface area contributed by atoms with Gasteiger partial charge in [-0.3, -0.25) is 14.4 Å². The molecule has 9 heteroatoms. The van der Waals surface area contributed by atoms with Crippen molar-refractivity contribution in [2.75, 3.05) is 10.7 Å². The minimum absolute atomic E-state index is 0. The first-order valence-electron chi connectivity index (χ1n) is 6.55. The third-order valence-electron chi connectivity index (χ3n) is 3.16. The Kier molecular flexibility index (Phi) is 6.97. The van der Waals surface area contributed by atoms with E-state index in [9.17, 15) is 17.8 Å². The summed E-state index contributed by atoms with van der Waals surface area (Å²) in [5.41, 5.74) is 2.21. The molecule has 1 aromatic carbocycles. The maximum Gasteiger partial charge on any atom is 1.00 e. The summed E-state index contributed by atoms with van der Waals surface area (Å²) < 4.78 is 34.3. The molecule has 0 saturated heterocycles. The summed E-state index contributed by atoms with van der Waals surface area (Å²) in [6, 6.07) is 7.17. The molecular formula is C14H16N3NaO4S. The topological polar surface area (TPSA) is 95.3 Å². The van der Waals surface area contributed by atoms with Crippen molar-refractivity contribution in [2.45, 2.75) is 20.5 Å². The molecule has 1 aromatic heterocycles. The molecule has 0 atom stereocenters. The van der Waals surface area contributed by atoms with Gasteiger partial charge in [0.15, 0.2) is 0 Å². The second-order valence-electron chi connectivity index (χ2n) is 4.95. The van der Waals surface area contributed by atoms with Gasteiger partial charge >= 0.3 is 29.6 Å². The number of nitrogens with zero attached hydrogens (tertiary/aromatic N) is 3. The average Bonchev–Trinajstić information content (AvgIpc) is 2.88. The normalized spacial score (nSPS) is 10.9. The van der Waals surface area contributed by atoms with Gasteiger partial charge in [0.05, 0.1) is 5.69 Å². The number of hydrogen-bond donors (Lipinski definition) is 0. The van der Waals surface area contributed by atoms with Crippen molar-refractivity contribution < 1.29 is 47.3 Å². The number of benzene rings is 1. The smallest absolute Gasteiger partial charge is 0.748 e. The Bertz CT molecular complexity index is 755. The molecule has 0 N–H and O–H groups in total. The zero-order valence-electron chi connectivity index (χ0n) is 13.3. The predicted octanol–water partition coefficient (Wildman–Crippen LogP) is -1.96. The van der Waals surface area contributed by atoms with Crippen molar-refractivity contribution in [1.29, 1.82) is 0 Å². The Labute approximate surface area is 157 Å². The second-order valence-corrected chi connectivity index (χ2v) is 6.36. The molecule has 0 unspecified atom stereocenters. The molecule has 0 saturated carbocycles. The maximum absolute atomic E-state index is 12.3. The van der Waals surface area contributed by atoms with Gasteiger partial charge in [-0.05, 0) is 31.0 Å². The number of aryl methyl sites for hydroxylation is 2. The Morgan fingerprint density at radius 2 is 1.87 bits per heavy atom. The minimum Gasteiger partial charge on any atom is -0.748 e. The molecule has 0 radical (unpaired) electrons. The van der Waals surface area contributed by atoms with Crippen LogP contribution in [-0.4, -0.2) is 34.4 Å². The Hall–Kier alpha value is -1.19. The molecule has 0 aliphatic rings. The number of aromatic nitrogens is 2. The van der Waals surface area contributed by atoms with Gasteiger partial charge in [0.2, 0.25) is 5.91 Å². The molecule has 0 fully saturated rings. The Balaban J connectivity index is 0.00000264. The molecule has 1 amide bonds. The van der Waals surface area contributed by atoms with Gasteiger partial charge in [0.1, 0.15) is 22.5 Å². The van der Waals surface area contributed by atoms with Gasteiger partial charge in [-0.2, -0.15) is 5.10 Å². The minimum atomic E-state index is -4.65. The fourth-order valence-electron chi connectivity index (χ4n) is 2.26. The van der Waals surface area contributed by atoms with Crippen LogP contribution in [0.5, 0.6) is 0 Å². The van der Waals surface area contributed by atoms with Crippen molar-refractivity contribution >= 4 is 21.7 Å². The van der Waals surface area contributed by atoms with Crippen molar-refractivity contribution in [2.24, 2.45) is 0 Å². The van der Waals surface area contributed by atoms with Crippen molar-refractivity contribution in [3.63, 3.8) is 0 Å². The van der Waals surface area contributed by atoms with E-state index in [1.54, 1.807) is 18.5 Å². The number of carbonyl (C=O) groups is 1. The van der Waals surface area contributed by atoms with Crippen molar-refractivity contribution in [3.05, 3.63) is 47.8 Å². The van der Waals surface area contributed by atoms with Crippen LogP contribution in [0.3, 0.4) is 0 Å². The number of anilines is 1. The summed E-state index contributed by atoms with van der Waals surface area (Å²) >= 11 is 0. The van der Waals surface area contributed by atoms with E-state index in [4.69, 9.17) is 0 Å². The molecule has 23 heavy (non-hydrogen) atoms. The van der Waals surface area contributed by atoms with E-state index in [1.165, 1.54) is 9.58 Å². The van der Waals surface area contributed by atoms with Crippen LogP contribution >= 0.6 is 0 Å². The van der Waals surface area contributed by atoms with Gasteiger partial charge in [-0.1, -0.05) is 18.2 Å². The standard InChI is InChI=1S/C14H17N3O4S.Na/c1-11-5-3-6-12(2)14(11)17(10-16-8-4-7-15-16)13(18)9-22(19,20)21;/h3-8H,9-10H2,1-2H3,(H,19,20,21);/q;+1/p-1. The number of rotatable bonds is 5. The molecule has 0 spiro atoms. The van der Waals surface area contributed by atoms with Gasteiger partial charge in [-0.25, -0.2) is 8.42 Å². The van der Waals surface area contributed by atoms with Gasteiger partial charge in [-0.15, -0.1) is 0 Å². The molecular weight excluding hydrogens is 329 g/mol. The van der Waals surface area contributed by atoms with Crippen LogP contribution in [-0.2, 0) is 21.6 Å². The van der Waals surface area contributed by atoms with E-state index in [-0.39, 0.29) is 36.2 Å². The van der Waals surface area contributed by atoms with Gasteiger partial charge < -0.3 is 4.55 Å². The van der Waals surface area contributed by atoms with Crippen LogP contribution in [0.15, 0.2) is 36.7 Å². The van der Waals surface area contributed by atoms with E-state index in [2.05, 4.69) is 5.10 Å². The number of para-hydroxylation sites is 1. The fourth-order valence-corrected chi connectivity index (χ4v) is 2.72. The van der Waals surface area contributed by atoms with Crippen molar-refractivity contribution in [1.82, 2.24) is 9.78 Å². The average molecular weight is 345 g/mol. The summed E-state index contributed by atoms with van der Waals surface area (Å²) in [5, 5.41) is 4.01. The van der Waals surface area contributed by atoms with Gasteiger partial charge in [0.25, 0.3) is 0 Å². The summed E-state index contributed by atoms with van der Waals surface area (Å²) in [5.74, 6) is -1.86. The first-order chi connectivity index (χ1) is 10.3. The molecule has 118 valence electrons. The number of carbonyl (C=O) groups excluding carboxylic acids is 1. The fraction of sp³-hybridized carbons (Fsp3) is 0.286.